The molecule has 0 unspecified atom stereocenters. The van der Waals surface area contributed by atoms with Crippen molar-refractivity contribution in [2.24, 2.45) is 5.84 Å². The number of benzene rings is 1. The minimum Gasteiger partial charge on any atom is -0.333 e. The van der Waals surface area contributed by atoms with E-state index in [9.17, 15) is 14.5 Å². The van der Waals surface area contributed by atoms with Crippen LogP contribution >= 0.6 is 15.9 Å². The lowest BCUT2D eigenvalue weighted by Gasteiger charge is -2.09. The molecule has 0 spiro atoms. The van der Waals surface area contributed by atoms with E-state index >= 15 is 0 Å². The molecule has 1 heterocycles. The first kappa shape index (κ1) is 14.2. The number of hydrogen-bond donors (Lipinski definition) is 3. The number of anilines is 3. The van der Waals surface area contributed by atoms with Gasteiger partial charge in [-0.15, -0.1) is 0 Å². The van der Waals surface area contributed by atoms with Crippen LogP contribution in [0.1, 0.15) is 0 Å². The zero-order valence-corrected chi connectivity index (χ0v) is 11.5. The van der Waals surface area contributed by atoms with E-state index in [-0.39, 0.29) is 17.3 Å². The Kier molecular flexibility index (Phi) is 4.11. The monoisotopic (exact) mass is 341 g/mol. The molecule has 1 aromatic heterocycles. The first-order valence-electron chi connectivity index (χ1n) is 5.35. The lowest BCUT2D eigenvalue weighted by atomic mass is 10.3. The van der Waals surface area contributed by atoms with Crippen LogP contribution in [0.4, 0.5) is 27.4 Å². The summed E-state index contributed by atoms with van der Waals surface area (Å²) >= 11 is 3.16. The van der Waals surface area contributed by atoms with Crippen molar-refractivity contribution in [1.82, 2.24) is 4.98 Å². The number of nitro groups is 1. The van der Waals surface area contributed by atoms with Gasteiger partial charge in [0.2, 0.25) is 5.82 Å². The molecule has 0 fully saturated rings. The Hall–Kier alpha value is -2.26. The molecule has 0 saturated heterocycles. The number of nitrogens with zero attached hydrogens (tertiary/aromatic N) is 2. The van der Waals surface area contributed by atoms with E-state index in [2.05, 4.69) is 31.7 Å². The van der Waals surface area contributed by atoms with E-state index in [1.165, 1.54) is 30.3 Å². The summed E-state index contributed by atoms with van der Waals surface area (Å²) in [5.41, 5.74) is 2.52. The zero-order valence-electron chi connectivity index (χ0n) is 9.93. The summed E-state index contributed by atoms with van der Waals surface area (Å²) < 4.78 is 13.4. The SMILES string of the molecule is NNc1ccc([N+](=O)[O-])c(Nc2ccc(F)cc2Br)n1. The Balaban J connectivity index is 2.43. The van der Waals surface area contributed by atoms with Gasteiger partial charge in [0.25, 0.3) is 0 Å². The number of rotatable bonds is 4. The molecular weight excluding hydrogens is 333 g/mol. The van der Waals surface area contributed by atoms with E-state index in [0.717, 1.165) is 0 Å². The van der Waals surface area contributed by atoms with E-state index in [4.69, 9.17) is 5.84 Å². The van der Waals surface area contributed by atoms with Crippen molar-refractivity contribution in [3.8, 4) is 0 Å². The molecule has 0 bridgehead atoms. The highest BCUT2D eigenvalue weighted by atomic mass is 79.9. The maximum Gasteiger partial charge on any atom is 0.311 e. The number of aromatic nitrogens is 1. The maximum atomic E-state index is 13.0. The standard InChI is InChI=1S/C11H9BrFN5O2/c12-7-5-6(13)1-2-8(7)15-11-9(18(19)20)3-4-10(16-11)17-14/h1-5H,14H2,(H2,15,16,17). The Labute approximate surface area is 121 Å². The second-order valence-electron chi connectivity index (χ2n) is 3.71. The van der Waals surface area contributed by atoms with Crippen molar-refractivity contribution >= 4 is 38.9 Å². The molecule has 0 atom stereocenters. The second-order valence-corrected chi connectivity index (χ2v) is 4.57. The summed E-state index contributed by atoms with van der Waals surface area (Å²) in [5.74, 6) is 5.05. The van der Waals surface area contributed by atoms with Crippen LogP contribution in [-0.2, 0) is 0 Å². The van der Waals surface area contributed by atoms with Gasteiger partial charge in [0.1, 0.15) is 11.6 Å². The Morgan fingerprint density at radius 2 is 2.10 bits per heavy atom. The van der Waals surface area contributed by atoms with Gasteiger partial charge in [-0.2, -0.15) is 0 Å². The van der Waals surface area contributed by atoms with Gasteiger partial charge in [-0.05, 0) is 40.2 Å². The first-order chi connectivity index (χ1) is 9.51. The smallest absolute Gasteiger partial charge is 0.311 e. The van der Waals surface area contributed by atoms with Gasteiger partial charge in [-0.3, -0.25) is 10.1 Å². The zero-order chi connectivity index (χ0) is 14.7. The van der Waals surface area contributed by atoms with Gasteiger partial charge >= 0.3 is 5.69 Å². The summed E-state index contributed by atoms with van der Waals surface area (Å²) in [6.07, 6.45) is 0. The van der Waals surface area contributed by atoms with Crippen molar-refractivity contribution < 1.29 is 9.31 Å². The molecule has 0 aliphatic carbocycles. The fraction of sp³-hybridized carbons (Fsp3) is 0. The van der Waals surface area contributed by atoms with Crippen LogP contribution in [0.3, 0.4) is 0 Å². The Bertz CT molecular complexity index is 667. The first-order valence-corrected chi connectivity index (χ1v) is 6.14. The van der Waals surface area contributed by atoms with Gasteiger partial charge in [0.05, 0.1) is 10.6 Å². The number of nitrogen functional groups attached to an aromatic ring is 1. The molecule has 7 nitrogen and oxygen atoms in total. The second kappa shape index (κ2) is 5.80. The van der Waals surface area contributed by atoms with Crippen molar-refractivity contribution in [3.05, 3.63) is 50.7 Å². The van der Waals surface area contributed by atoms with Crippen molar-refractivity contribution in [2.75, 3.05) is 10.7 Å². The van der Waals surface area contributed by atoms with E-state index < -0.39 is 10.7 Å². The summed E-state index contributed by atoms with van der Waals surface area (Å²) in [7, 11) is 0. The fourth-order valence-corrected chi connectivity index (χ4v) is 1.94. The van der Waals surface area contributed by atoms with Crippen LogP contribution in [0.5, 0.6) is 0 Å². The highest BCUT2D eigenvalue weighted by Gasteiger charge is 2.17. The van der Waals surface area contributed by atoms with E-state index in [0.29, 0.717) is 10.2 Å². The van der Waals surface area contributed by atoms with Gasteiger partial charge < -0.3 is 10.7 Å². The van der Waals surface area contributed by atoms with Gasteiger partial charge in [-0.1, -0.05) is 0 Å². The maximum absolute atomic E-state index is 13.0. The third kappa shape index (κ3) is 3.00. The molecule has 104 valence electrons. The molecule has 20 heavy (non-hydrogen) atoms. The Morgan fingerprint density at radius 1 is 1.35 bits per heavy atom. The highest BCUT2D eigenvalue weighted by molar-refractivity contribution is 9.10. The average molecular weight is 342 g/mol. The van der Waals surface area contributed by atoms with Crippen LogP contribution in [0.2, 0.25) is 0 Å². The lowest BCUT2D eigenvalue weighted by Crippen LogP contribution is -2.10. The minimum atomic E-state index is -0.576. The number of halogens is 2. The van der Waals surface area contributed by atoms with Gasteiger partial charge in [-0.25, -0.2) is 15.2 Å². The van der Waals surface area contributed by atoms with E-state index in [1.807, 2.05) is 0 Å². The molecule has 0 aliphatic heterocycles. The van der Waals surface area contributed by atoms with Gasteiger partial charge in [0.15, 0.2) is 0 Å². The summed E-state index contributed by atoms with van der Waals surface area (Å²) in [6.45, 7) is 0. The lowest BCUT2D eigenvalue weighted by molar-refractivity contribution is -0.384. The molecule has 9 heteroatoms. The highest BCUT2D eigenvalue weighted by Crippen LogP contribution is 2.31. The minimum absolute atomic E-state index is 0.00208. The summed E-state index contributed by atoms with van der Waals surface area (Å²) in [6, 6.07) is 6.54. The third-order valence-electron chi connectivity index (χ3n) is 2.40. The predicted molar refractivity (Wildman–Crippen MR) is 76.1 cm³/mol. The molecule has 1 aromatic carbocycles. The third-order valence-corrected chi connectivity index (χ3v) is 3.06. The largest absolute Gasteiger partial charge is 0.333 e. The van der Waals surface area contributed by atoms with Crippen LogP contribution in [0, 0.1) is 15.9 Å². The molecule has 0 aliphatic rings. The molecular formula is C11H9BrFN5O2. The molecule has 2 aromatic rings. The normalized spacial score (nSPS) is 10.2. The van der Waals surface area contributed by atoms with Gasteiger partial charge in [0, 0.05) is 10.5 Å². The quantitative estimate of drug-likeness (QED) is 0.448. The molecule has 4 N–H and O–H groups in total. The van der Waals surface area contributed by atoms with Crippen LogP contribution < -0.4 is 16.6 Å². The summed E-state index contributed by atoms with van der Waals surface area (Å²) in [5, 5.41) is 13.7. The average Bonchev–Trinajstić information content (AvgIpc) is 2.41. The van der Waals surface area contributed by atoms with E-state index in [1.54, 1.807) is 0 Å². The predicted octanol–water partition coefficient (Wildman–Crippen LogP) is 2.92. The topological polar surface area (TPSA) is 106 Å². The number of nitrogens with one attached hydrogen (secondary N) is 2. The van der Waals surface area contributed by atoms with Crippen LogP contribution in [-0.4, -0.2) is 9.91 Å². The summed E-state index contributed by atoms with van der Waals surface area (Å²) in [4.78, 5) is 14.3. The molecule has 0 saturated carbocycles. The number of hydrazine groups is 1. The van der Waals surface area contributed by atoms with Crippen molar-refractivity contribution in [3.63, 3.8) is 0 Å². The Morgan fingerprint density at radius 3 is 2.70 bits per heavy atom. The van der Waals surface area contributed by atoms with Crippen LogP contribution in [0.25, 0.3) is 0 Å². The number of nitrogens with two attached hydrogens (primary N) is 1. The van der Waals surface area contributed by atoms with Crippen molar-refractivity contribution in [2.45, 2.75) is 0 Å². The molecule has 0 radical (unpaired) electrons. The fourth-order valence-electron chi connectivity index (χ4n) is 1.49. The van der Waals surface area contributed by atoms with Crippen molar-refractivity contribution in [1.29, 1.82) is 0 Å². The molecule has 2 rings (SSSR count). The number of hydrogen-bond acceptors (Lipinski definition) is 6. The molecule has 0 amide bonds. The number of pyridine rings is 1. The van der Waals surface area contributed by atoms with Crippen LogP contribution in [0.15, 0.2) is 34.8 Å².